The fraction of sp³-hybridized carbons (Fsp3) is 0.125. The molecule has 0 aliphatic carbocycles. The molecule has 21 heavy (non-hydrogen) atoms. The summed E-state index contributed by atoms with van der Waals surface area (Å²) < 4.78 is 39.3. The molecule has 0 aliphatic heterocycles. The van der Waals surface area contributed by atoms with Crippen LogP contribution in [0.5, 0.6) is 0 Å². The Bertz CT molecular complexity index is 710. The minimum absolute atomic E-state index is 0.349. The molecule has 2 rings (SSSR count). The van der Waals surface area contributed by atoms with Gasteiger partial charge in [-0.2, -0.15) is 0 Å². The van der Waals surface area contributed by atoms with Crippen LogP contribution in [-0.4, -0.2) is 8.42 Å². The molecule has 0 unspecified atom stereocenters. The van der Waals surface area contributed by atoms with Crippen molar-refractivity contribution < 1.29 is 12.8 Å². The first-order valence-corrected chi connectivity index (χ1v) is 8.02. The molecule has 1 atom stereocenters. The molecule has 0 heterocycles. The zero-order valence-corrected chi connectivity index (χ0v) is 12.3. The lowest BCUT2D eigenvalue weighted by Gasteiger charge is -2.12. The normalized spacial score (nSPS) is 13.4. The Hall–Kier alpha value is -1.98. The molecule has 0 bridgehead atoms. The van der Waals surface area contributed by atoms with Crippen molar-refractivity contribution in [2.24, 2.45) is 0 Å². The summed E-state index contributed by atoms with van der Waals surface area (Å²) in [6, 6.07) is 14.5. The third-order valence-corrected chi connectivity index (χ3v) is 4.13. The van der Waals surface area contributed by atoms with Gasteiger partial charge in [-0.25, -0.2) is 17.5 Å². The van der Waals surface area contributed by atoms with Crippen molar-refractivity contribution in [2.45, 2.75) is 13.0 Å². The van der Waals surface area contributed by atoms with Gasteiger partial charge >= 0.3 is 0 Å². The molecule has 0 amide bonds. The monoisotopic (exact) mass is 305 g/mol. The lowest BCUT2D eigenvalue weighted by molar-refractivity contribution is 0.576. The zero-order valence-electron chi connectivity index (χ0n) is 11.5. The molecule has 2 aromatic carbocycles. The van der Waals surface area contributed by atoms with Gasteiger partial charge in [-0.15, -0.1) is 0 Å². The van der Waals surface area contributed by atoms with E-state index in [1.165, 1.54) is 18.2 Å². The highest BCUT2D eigenvalue weighted by Gasteiger charge is 2.12. The molecule has 2 aromatic rings. The SMILES string of the molecule is C[C@@H](NS(=O)(=O)/C=C/c1ccccc1)c1ccc(F)cc1. The van der Waals surface area contributed by atoms with Crippen LogP contribution < -0.4 is 4.72 Å². The van der Waals surface area contributed by atoms with Crippen molar-refractivity contribution in [1.82, 2.24) is 4.72 Å². The van der Waals surface area contributed by atoms with Gasteiger partial charge in [-0.05, 0) is 36.3 Å². The van der Waals surface area contributed by atoms with E-state index in [4.69, 9.17) is 0 Å². The third-order valence-electron chi connectivity index (χ3n) is 2.95. The maximum absolute atomic E-state index is 12.8. The Morgan fingerprint density at radius 3 is 2.29 bits per heavy atom. The Morgan fingerprint density at radius 2 is 1.67 bits per heavy atom. The van der Waals surface area contributed by atoms with E-state index in [1.807, 2.05) is 30.3 Å². The van der Waals surface area contributed by atoms with Gasteiger partial charge in [0.05, 0.1) is 0 Å². The first-order valence-electron chi connectivity index (χ1n) is 6.47. The van der Waals surface area contributed by atoms with E-state index in [9.17, 15) is 12.8 Å². The van der Waals surface area contributed by atoms with Crippen LogP contribution in [0.2, 0.25) is 0 Å². The predicted octanol–water partition coefficient (Wildman–Crippen LogP) is 3.48. The quantitative estimate of drug-likeness (QED) is 0.919. The van der Waals surface area contributed by atoms with Crippen LogP contribution >= 0.6 is 0 Å². The lowest BCUT2D eigenvalue weighted by Crippen LogP contribution is -2.24. The van der Waals surface area contributed by atoms with E-state index >= 15 is 0 Å². The first-order chi connectivity index (χ1) is 9.96. The van der Waals surface area contributed by atoms with Gasteiger partial charge in [-0.1, -0.05) is 42.5 Å². The van der Waals surface area contributed by atoms with E-state index in [-0.39, 0.29) is 5.82 Å². The topological polar surface area (TPSA) is 46.2 Å². The van der Waals surface area contributed by atoms with Gasteiger partial charge in [0, 0.05) is 11.4 Å². The fourth-order valence-corrected chi connectivity index (χ4v) is 2.88. The summed E-state index contributed by atoms with van der Waals surface area (Å²) in [6.07, 6.45) is 1.53. The van der Waals surface area contributed by atoms with Crippen molar-refractivity contribution in [1.29, 1.82) is 0 Å². The second kappa shape index (κ2) is 6.65. The minimum Gasteiger partial charge on any atom is -0.208 e. The summed E-state index contributed by atoms with van der Waals surface area (Å²) in [4.78, 5) is 0. The molecular formula is C16H16FNO2S. The van der Waals surface area contributed by atoms with E-state index in [0.717, 1.165) is 11.0 Å². The van der Waals surface area contributed by atoms with Gasteiger partial charge in [0.15, 0.2) is 0 Å². The minimum atomic E-state index is -3.56. The molecule has 1 N–H and O–H groups in total. The maximum Gasteiger partial charge on any atom is 0.234 e. The summed E-state index contributed by atoms with van der Waals surface area (Å²) in [7, 11) is -3.56. The summed E-state index contributed by atoms with van der Waals surface area (Å²) in [5, 5.41) is 1.13. The summed E-state index contributed by atoms with van der Waals surface area (Å²) >= 11 is 0. The van der Waals surface area contributed by atoms with Crippen LogP contribution in [0.25, 0.3) is 6.08 Å². The first kappa shape index (κ1) is 15.4. The Labute approximate surface area is 124 Å². The van der Waals surface area contributed by atoms with Gasteiger partial charge in [0.25, 0.3) is 0 Å². The van der Waals surface area contributed by atoms with Crippen molar-refractivity contribution in [3.63, 3.8) is 0 Å². The number of benzene rings is 2. The number of rotatable bonds is 5. The molecule has 110 valence electrons. The van der Waals surface area contributed by atoms with Crippen LogP contribution in [0, 0.1) is 5.82 Å². The molecular weight excluding hydrogens is 289 g/mol. The van der Waals surface area contributed by atoms with Crippen LogP contribution in [0.4, 0.5) is 4.39 Å². The van der Waals surface area contributed by atoms with E-state index < -0.39 is 16.1 Å². The van der Waals surface area contributed by atoms with Gasteiger partial charge in [0.2, 0.25) is 10.0 Å². The lowest BCUT2D eigenvalue weighted by atomic mass is 10.1. The van der Waals surface area contributed by atoms with Gasteiger partial charge < -0.3 is 0 Å². The third kappa shape index (κ3) is 4.81. The number of sulfonamides is 1. The van der Waals surface area contributed by atoms with E-state index in [2.05, 4.69) is 4.72 Å². The second-order valence-corrected chi connectivity index (χ2v) is 6.25. The molecule has 0 aliphatic rings. The van der Waals surface area contributed by atoms with Gasteiger partial charge in [0.1, 0.15) is 5.82 Å². The average molecular weight is 305 g/mol. The van der Waals surface area contributed by atoms with Crippen molar-refractivity contribution >= 4 is 16.1 Å². The number of hydrogen-bond acceptors (Lipinski definition) is 2. The molecule has 5 heteroatoms. The van der Waals surface area contributed by atoms with Crippen LogP contribution in [-0.2, 0) is 10.0 Å². The highest BCUT2D eigenvalue weighted by molar-refractivity contribution is 7.92. The molecule has 0 spiro atoms. The second-order valence-electron chi connectivity index (χ2n) is 4.65. The smallest absolute Gasteiger partial charge is 0.208 e. The highest BCUT2D eigenvalue weighted by atomic mass is 32.2. The maximum atomic E-state index is 12.8. The molecule has 0 aromatic heterocycles. The standard InChI is InChI=1S/C16H16FNO2S/c1-13(15-7-9-16(17)10-8-15)18-21(19,20)12-11-14-5-3-2-4-6-14/h2-13,18H,1H3/b12-11+/t13-/m1/s1. The largest absolute Gasteiger partial charge is 0.234 e. The molecule has 0 radical (unpaired) electrons. The fourth-order valence-electron chi connectivity index (χ4n) is 1.84. The van der Waals surface area contributed by atoms with Crippen molar-refractivity contribution in [3.05, 3.63) is 76.9 Å². The highest BCUT2D eigenvalue weighted by Crippen LogP contribution is 2.14. The number of halogens is 1. The Kier molecular flexibility index (Phi) is 4.88. The predicted molar refractivity (Wildman–Crippen MR) is 82.3 cm³/mol. The van der Waals surface area contributed by atoms with Crippen LogP contribution in [0.1, 0.15) is 24.1 Å². The van der Waals surface area contributed by atoms with E-state index in [1.54, 1.807) is 19.1 Å². The average Bonchev–Trinajstić information content (AvgIpc) is 2.46. The number of hydrogen-bond donors (Lipinski definition) is 1. The summed E-state index contributed by atoms with van der Waals surface area (Å²) in [5.41, 5.74) is 1.50. The van der Waals surface area contributed by atoms with Crippen molar-refractivity contribution in [2.75, 3.05) is 0 Å². The molecule has 0 saturated heterocycles. The zero-order chi connectivity index (χ0) is 15.3. The Balaban J connectivity index is 2.07. The summed E-state index contributed by atoms with van der Waals surface area (Å²) in [5.74, 6) is -0.349. The molecule has 0 saturated carbocycles. The number of nitrogens with one attached hydrogen (secondary N) is 1. The Morgan fingerprint density at radius 1 is 1.05 bits per heavy atom. The molecule has 0 fully saturated rings. The van der Waals surface area contributed by atoms with Gasteiger partial charge in [-0.3, -0.25) is 0 Å². The summed E-state index contributed by atoms with van der Waals surface area (Å²) in [6.45, 7) is 1.71. The van der Waals surface area contributed by atoms with E-state index in [0.29, 0.717) is 5.56 Å². The van der Waals surface area contributed by atoms with Crippen LogP contribution in [0.15, 0.2) is 60.0 Å². The van der Waals surface area contributed by atoms with Crippen molar-refractivity contribution in [3.8, 4) is 0 Å². The molecule has 3 nitrogen and oxygen atoms in total. The van der Waals surface area contributed by atoms with Crippen LogP contribution in [0.3, 0.4) is 0 Å².